The summed E-state index contributed by atoms with van der Waals surface area (Å²) in [5.41, 5.74) is -0.132. The van der Waals surface area contributed by atoms with Gasteiger partial charge in [0, 0.05) is 16.8 Å². The van der Waals surface area contributed by atoms with Crippen LogP contribution in [0.2, 0.25) is 0 Å². The number of aliphatic hydroxyl groups is 10. The van der Waals surface area contributed by atoms with Crippen LogP contribution in [0, 0.1) is 0 Å². The van der Waals surface area contributed by atoms with Crippen molar-refractivity contribution in [3.05, 3.63) is 29.3 Å². The fourth-order valence-corrected chi connectivity index (χ4v) is 4.34. The molecule has 0 radical (unpaired) electrons. The molecule has 0 amide bonds. The maximum Gasteiger partial charge on any atom is 0.225 e. The third kappa shape index (κ3) is 3.65. The molecule has 188 valence electrons. The van der Waals surface area contributed by atoms with E-state index < -0.39 is 72.6 Å². The summed E-state index contributed by atoms with van der Waals surface area (Å²) in [5, 5.41) is 104. The minimum absolute atomic E-state index is 0.162. The van der Waals surface area contributed by atoms with E-state index in [4.69, 9.17) is 15.2 Å². The number of benzene rings is 1. The van der Waals surface area contributed by atoms with Crippen LogP contribution in [0.4, 0.5) is 5.69 Å². The quantitative estimate of drug-likeness (QED) is 0.183. The SMILES string of the molecule is C[C@@]1(O)[C@@H](O)[C@@H](O)[C@@H](CO)O[C@]1(O)c1cc(N)cc([C@@]2(O)O[C@H](CO)[C@H](O)[C@H](O)[C@@]2(C)O)c1. The van der Waals surface area contributed by atoms with Gasteiger partial charge in [0.25, 0.3) is 0 Å². The van der Waals surface area contributed by atoms with E-state index in [1.807, 2.05) is 0 Å². The fraction of sp³-hybridized carbons (Fsp3) is 0.700. The minimum atomic E-state index is -2.80. The summed E-state index contributed by atoms with van der Waals surface area (Å²) in [6.07, 6.45) is -10.6. The molecule has 2 fully saturated rings. The zero-order chi connectivity index (χ0) is 25.1. The Bertz CT molecular complexity index is 814. The van der Waals surface area contributed by atoms with Crippen molar-refractivity contribution in [2.75, 3.05) is 18.9 Å². The van der Waals surface area contributed by atoms with E-state index in [1.54, 1.807) is 0 Å². The van der Waals surface area contributed by atoms with Gasteiger partial charge in [-0.05, 0) is 32.0 Å². The predicted molar refractivity (Wildman–Crippen MR) is 108 cm³/mol. The number of ether oxygens (including phenoxy) is 2. The molecule has 13 nitrogen and oxygen atoms in total. The lowest BCUT2D eigenvalue weighted by Gasteiger charge is -2.53. The van der Waals surface area contributed by atoms with Crippen molar-refractivity contribution < 1.29 is 60.5 Å². The van der Waals surface area contributed by atoms with E-state index in [2.05, 4.69) is 0 Å². The Kier molecular flexibility index (Phi) is 6.61. The van der Waals surface area contributed by atoms with Gasteiger partial charge in [0.15, 0.2) is 0 Å². The van der Waals surface area contributed by atoms with Crippen molar-refractivity contribution in [1.82, 2.24) is 0 Å². The lowest BCUT2D eigenvalue weighted by atomic mass is 9.75. The van der Waals surface area contributed by atoms with Crippen LogP contribution in [0.5, 0.6) is 0 Å². The second-order valence-corrected chi connectivity index (χ2v) is 8.98. The first kappa shape index (κ1) is 26.2. The molecule has 2 saturated heterocycles. The van der Waals surface area contributed by atoms with E-state index >= 15 is 0 Å². The summed E-state index contributed by atoms with van der Waals surface area (Å²) in [6.45, 7) is 0.244. The van der Waals surface area contributed by atoms with Crippen LogP contribution in [0.25, 0.3) is 0 Å². The van der Waals surface area contributed by atoms with Gasteiger partial charge in [-0.25, -0.2) is 0 Å². The Hall–Kier alpha value is -1.46. The Morgan fingerprint density at radius 1 is 0.727 bits per heavy atom. The van der Waals surface area contributed by atoms with Crippen LogP contribution in [0.3, 0.4) is 0 Å². The van der Waals surface area contributed by atoms with E-state index in [0.29, 0.717) is 0 Å². The summed E-state index contributed by atoms with van der Waals surface area (Å²) in [7, 11) is 0. The molecule has 0 unspecified atom stereocenters. The monoisotopic (exact) mass is 477 g/mol. The third-order valence-electron chi connectivity index (χ3n) is 6.67. The van der Waals surface area contributed by atoms with Crippen LogP contribution in [-0.2, 0) is 21.0 Å². The number of nitrogen functional groups attached to an aromatic ring is 1. The molecule has 3 rings (SSSR count). The van der Waals surface area contributed by atoms with Crippen molar-refractivity contribution in [3.8, 4) is 0 Å². The Labute approximate surface area is 188 Å². The molecule has 0 aliphatic carbocycles. The van der Waals surface area contributed by atoms with Gasteiger partial charge in [0.1, 0.15) is 47.8 Å². The first-order valence-electron chi connectivity index (χ1n) is 10.2. The van der Waals surface area contributed by atoms with Gasteiger partial charge in [-0.1, -0.05) is 0 Å². The first-order valence-corrected chi connectivity index (χ1v) is 10.2. The number of rotatable bonds is 4. The minimum Gasteiger partial charge on any atom is -0.399 e. The van der Waals surface area contributed by atoms with Gasteiger partial charge in [-0.2, -0.15) is 0 Å². The normalized spacial score (nSPS) is 48.6. The molecular weight excluding hydrogens is 446 g/mol. The van der Waals surface area contributed by atoms with Crippen molar-refractivity contribution >= 4 is 5.69 Å². The van der Waals surface area contributed by atoms with Gasteiger partial charge in [0.05, 0.1) is 13.2 Å². The highest BCUT2D eigenvalue weighted by Gasteiger charge is 2.64. The molecule has 2 aliphatic rings. The second kappa shape index (κ2) is 8.34. The molecule has 2 aliphatic heterocycles. The number of hydrogen-bond donors (Lipinski definition) is 11. The topological polar surface area (TPSA) is 247 Å². The molecule has 1 aromatic carbocycles. The maximum absolute atomic E-state index is 11.3. The Morgan fingerprint density at radius 3 is 1.36 bits per heavy atom. The largest absolute Gasteiger partial charge is 0.399 e. The Balaban J connectivity index is 2.18. The summed E-state index contributed by atoms with van der Waals surface area (Å²) in [6, 6.07) is 3.19. The lowest BCUT2D eigenvalue weighted by Crippen LogP contribution is -2.70. The predicted octanol–water partition coefficient (Wildman–Crippen LogP) is -4.71. The summed E-state index contributed by atoms with van der Waals surface area (Å²) >= 11 is 0. The number of anilines is 1. The number of nitrogens with two attached hydrogens (primary N) is 1. The Morgan fingerprint density at radius 2 is 1.06 bits per heavy atom. The average Bonchev–Trinajstić information content (AvgIpc) is 2.76. The lowest BCUT2D eigenvalue weighted by molar-refractivity contribution is -0.395. The van der Waals surface area contributed by atoms with Gasteiger partial charge in [-0.3, -0.25) is 0 Å². The summed E-state index contributed by atoms with van der Waals surface area (Å²) in [5.74, 6) is -5.59. The highest BCUT2D eigenvalue weighted by Crippen LogP contribution is 2.48. The van der Waals surface area contributed by atoms with Crippen molar-refractivity contribution in [2.24, 2.45) is 0 Å². The maximum atomic E-state index is 11.3. The molecular formula is C20H31NO12. The molecule has 0 bridgehead atoms. The zero-order valence-corrected chi connectivity index (χ0v) is 18.0. The first-order chi connectivity index (χ1) is 15.1. The molecule has 0 aromatic heterocycles. The number of aliphatic hydroxyl groups excluding tert-OH is 6. The standard InChI is InChI=1S/C20H31NO12/c1-17(28)15(26)13(24)11(6-22)32-19(17,30)8-3-9(5-10(21)4-8)20(31)18(2,29)16(27)14(25)12(7-23)33-20/h3-5,11-16,22-31H,6-7,21H2,1-2H3/t11-,12-,13+,14+,15+,16+,17-,18-,19-,20-/m1/s1. The third-order valence-corrected chi connectivity index (χ3v) is 6.67. The second-order valence-electron chi connectivity index (χ2n) is 8.98. The molecule has 33 heavy (non-hydrogen) atoms. The fourth-order valence-electron chi connectivity index (χ4n) is 4.34. The summed E-state index contributed by atoms with van der Waals surface area (Å²) < 4.78 is 10.7. The molecule has 2 heterocycles. The van der Waals surface area contributed by atoms with Crippen LogP contribution in [0.15, 0.2) is 18.2 Å². The van der Waals surface area contributed by atoms with E-state index in [0.717, 1.165) is 32.0 Å². The molecule has 0 saturated carbocycles. The smallest absolute Gasteiger partial charge is 0.225 e. The van der Waals surface area contributed by atoms with Crippen molar-refractivity contribution in [2.45, 2.75) is 73.2 Å². The van der Waals surface area contributed by atoms with E-state index in [-0.39, 0.29) is 16.8 Å². The molecule has 1 aromatic rings. The molecule has 12 N–H and O–H groups in total. The highest BCUT2D eigenvalue weighted by molar-refractivity contribution is 5.49. The summed E-state index contributed by atoms with van der Waals surface area (Å²) in [4.78, 5) is 0. The van der Waals surface area contributed by atoms with Gasteiger partial charge < -0.3 is 66.3 Å². The van der Waals surface area contributed by atoms with Crippen LogP contribution in [-0.4, -0.2) is 112 Å². The number of hydrogen-bond acceptors (Lipinski definition) is 13. The zero-order valence-electron chi connectivity index (χ0n) is 18.0. The van der Waals surface area contributed by atoms with Crippen LogP contribution >= 0.6 is 0 Å². The molecule has 0 spiro atoms. The van der Waals surface area contributed by atoms with Crippen molar-refractivity contribution in [3.63, 3.8) is 0 Å². The molecule has 10 atom stereocenters. The van der Waals surface area contributed by atoms with Crippen molar-refractivity contribution in [1.29, 1.82) is 0 Å². The van der Waals surface area contributed by atoms with E-state index in [9.17, 15) is 51.1 Å². The van der Waals surface area contributed by atoms with E-state index in [1.165, 1.54) is 0 Å². The van der Waals surface area contributed by atoms with Crippen LogP contribution < -0.4 is 5.73 Å². The highest BCUT2D eigenvalue weighted by atomic mass is 16.7. The van der Waals surface area contributed by atoms with Gasteiger partial charge >= 0.3 is 0 Å². The average molecular weight is 477 g/mol. The van der Waals surface area contributed by atoms with Crippen LogP contribution in [0.1, 0.15) is 25.0 Å². The van der Waals surface area contributed by atoms with Gasteiger partial charge in [-0.15, -0.1) is 0 Å². The molecule has 13 heteroatoms. The van der Waals surface area contributed by atoms with Gasteiger partial charge in [0.2, 0.25) is 11.6 Å².